The molecule has 1 rings (SSSR count). The van der Waals surface area contributed by atoms with E-state index in [9.17, 15) is 13.2 Å². The van der Waals surface area contributed by atoms with Gasteiger partial charge in [-0.15, -0.1) is 13.2 Å². The quantitative estimate of drug-likeness (QED) is 0.912. The zero-order chi connectivity index (χ0) is 11.5. The van der Waals surface area contributed by atoms with E-state index in [1.807, 2.05) is 0 Å². The minimum absolute atomic E-state index is 0.237. The molecule has 1 aromatic rings. The highest BCUT2D eigenvalue weighted by molar-refractivity contribution is 9.10. The van der Waals surface area contributed by atoms with E-state index in [1.54, 1.807) is 13.0 Å². The average molecular weight is 284 g/mol. The lowest BCUT2D eigenvalue weighted by Gasteiger charge is -2.14. The molecule has 6 heteroatoms. The van der Waals surface area contributed by atoms with E-state index in [4.69, 9.17) is 0 Å². The third-order valence-electron chi connectivity index (χ3n) is 1.54. The number of hydrogen-bond donors (Lipinski definition) is 1. The number of hydrogen-bond acceptors (Lipinski definition) is 2. The Hall–Kier alpha value is -0.910. The Balaban J connectivity index is 2.96. The van der Waals surface area contributed by atoms with Crippen molar-refractivity contribution in [3.63, 3.8) is 0 Å². The van der Waals surface area contributed by atoms with Crippen LogP contribution in [0.4, 0.5) is 18.9 Å². The molecule has 0 saturated heterocycles. The van der Waals surface area contributed by atoms with Gasteiger partial charge >= 0.3 is 6.36 Å². The predicted molar refractivity (Wildman–Crippen MR) is 55.0 cm³/mol. The van der Waals surface area contributed by atoms with Crippen molar-refractivity contribution < 1.29 is 17.9 Å². The number of benzene rings is 1. The van der Waals surface area contributed by atoms with E-state index in [0.717, 1.165) is 0 Å². The maximum atomic E-state index is 12.0. The highest BCUT2D eigenvalue weighted by Gasteiger charge is 2.32. The number of anilines is 1. The number of nitrogens with one attached hydrogen (secondary N) is 1. The van der Waals surface area contributed by atoms with E-state index in [2.05, 4.69) is 26.0 Å². The first-order valence-corrected chi connectivity index (χ1v) is 5.01. The molecular formula is C9H9BrF3NO. The molecule has 1 N–H and O–H groups in total. The Morgan fingerprint density at radius 3 is 2.60 bits per heavy atom. The van der Waals surface area contributed by atoms with Gasteiger partial charge in [0.1, 0.15) is 0 Å². The number of halogens is 4. The third kappa shape index (κ3) is 3.99. The third-order valence-corrected chi connectivity index (χ3v) is 2.03. The summed E-state index contributed by atoms with van der Waals surface area (Å²) >= 11 is 3.08. The zero-order valence-electron chi connectivity index (χ0n) is 7.86. The Morgan fingerprint density at radius 1 is 1.40 bits per heavy atom. The minimum Gasteiger partial charge on any atom is -0.404 e. The van der Waals surface area contributed by atoms with Gasteiger partial charge < -0.3 is 10.1 Å². The smallest absolute Gasteiger partial charge is 0.404 e. The molecule has 0 unspecified atom stereocenters. The first-order valence-electron chi connectivity index (χ1n) is 4.21. The van der Waals surface area contributed by atoms with E-state index in [0.29, 0.717) is 16.7 Å². The topological polar surface area (TPSA) is 21.3 Å². The van der Waals surface area contributed by atoms with Gasteiger partial charge in [0.15, 0.2) is 5.75 Å². The molecular weight excluding hydrogens is 275 g/mol. The first-order chi connectivity index (χ1) is 6.92. The maximum absolute atomic E-state index is 12.0. The lowest BCUT2D eigenvalue weighted by atomic mass is 10.3. The van der Waals surface area contributed by atoms with Crippen LogP contribution in [0, 0.1) is 0 Å². The molecule has 0 saturated carbocycles. The van der Waals surface area contributed by atoms with Crippen molar-refractivity contribution >= 4 is 21.6 Å². The maximum Gasteiger partial charge on any atom is 0.573 e. The van der Waals surface area contributed by atoms with Crippen molar-refractivity contribution in [2.24, 2.45) is 0 Å². The summed E-state index contributed by atoms with van der Waals surface area (Å²) in [5.41, 5.74) is 0.318. The van der Waals surface area contributed by atoms with E-state index < -0.39 is 6.36 Å². The van der Waals surface area contributed by atoms with Crippen LogP contribution in [0.2, 0.25) is 0 Å². The molecule has 1 aromatic carbocycles. The second kappa shape index (κ2) is 4.74. The average Bonchev–Trinajstić information content (AvgIpc) is 2.07. The van der Waals surface area contributed by atoms with Crippen LogP contribution in [0.15, 0.2) is 22.7 Å². The van der Waals surface area contributed by atoms with Crippen LogP contribution >= 0.6 is 15.9 Å². The molecule has 0 radical (unpaired) electrons. The largest absolute Gasteiger partial charge is 0.573 e. The fourth-order valence-electron chi connectivity index (χ4n) is 1.04. The molecule has 0 aliphatic rings. The lowest BCUT2D eigenvalue weighted by molar-refractivity contribution is -0.274. The molecule has 0 aliphatic heterocycles. The summed E-state index contributed by atoms with van der Waals surface area (Å²) in [5.74, 6) is -0.237. The van der Waals surface area contributed by atoms with Crippen molar-refractivity contribution in [3.8, 4) is 5.75 Å². The van der Waals surface area contributed by atoms with Gasteiger partial charge in [-0.2, -0.15) is 0 Å². The van der Waals surface area contributed by atoms with Crippen LogP contribution in [0.1, 0.15) is 6.92 Å². The van der Waals surface area contributed by atoms with E-state index in [-0.39, 0.29) is 5.75 Å². The van der Waals surface area contributed by atoms with Gasteiger partial charge in [0.2, 0.25) is 0 Å². The van der Waals surface area contributed by atoms with Gasteiger partial charge in [0, 0.05) is 11.0 Å². The van der Waals surface area contributed by atoms with Gasteiger partial charge in [0.25, 0.3) is 0 Å². The summed E-state index contributed by atoms with van der Waals surface area (Å²) in [4.78, 5) is 0. The Bertz CT molecular complexity index is 341. The summed E-state index contributed by atoms with van der Waals surface area (Å²) < 4.78 is 40.5. The number of rotatable bonds is 3. The van der Waals surface area contributed by atoms with Crippen LogP contribution in [0.25, 0.3) is 0 Å². The van der Waals surface area contributed by atoms with Gasteiger partial charge in [-0.05, 0) is 25.1 Å². The second-order valence-corrected chi connectivity index (χ2v) is 3.63. The summed E-state index contributed by atoms with van der Waals surface area (Å²) in [6.07, 6.45) is -4.68. The molecule has 0 aromatic heterocycles. The zero-order valence-corrected chi connectivity index (χ0v) is 9.45. The van der Waals surface area contributed by atoms with E-state index in [1.165, 1.54) is 12.1 Å². The molecule has 0 atom stereocenters. The molecule has 15 heavy (non-hydrogen) atoms. The molecule has 0 amide bonds. The second-order valence-electron chi connectivity index (χ2n) is 2.72. The normalized spacial score (nSPS) is 11.3. The molecule has 84 valence electrons. The van der Waals surface area contributed by atoms with Crippen LogP contribution in [-0.2, 0) is 0 Å². The Kier molecular flexibility index (Phi) is 3.84. The Morgan fingerprint density at radius 2 is 2.07 bits per heavy atom. The standard InChI is InChI=1S/C9H9BrF3NO/c1-2-14-7-4-3-6(10)5-8(7)15-9(11,12)13/h3-5,14H,2H2,1H3. The van der Waals surface area contributed by atoms with Gasteiger partial charge in [-0.25, -0.2) is 0 Å². The number of alkyl halides is 3. The number of ether oxygens (including phenoxy) is 1. The van der Waals surface area contributed by atoms with Crippen molar-refractivity contribution in [1.29, 1.82) is 0 Å². The fraction of sp³-hybridized carbons (Fsp3) is 0.333. The molecule has 0 fully saturated rings. The SMILES string of the molecule is CCNc1ccc(Br)cc1OC(F)(F)F. The van der Waals surface area contributed by atoms with Crippen molar-refractivity contribution in [3.05, 3.63) is 22.7 Å². The van der Waals surface area contributed by atoms with E-state index >= 15 is 0 Å². The van der Waals surface area contributed by atoms with Crippen LogP contribution in [0.3, 0.4) is 0 Å². The summed E-state index contributed by atoms with van der Waals surface area (Å²) in [7, 11) is 0. The van der Waals surface area contributed by atoms with Crippen LogP contribution < -0.4 is 10.1 Å². The lowest BCUT2D eigenvalue weighted by Crippen LogP contribution is -2.18. The molecule has 0 spiro atoms. The minimum atomic E-state index is -4.68. The van der Waals surface area contributed by atoms with Crippen LogP contribution in [0.5, 0.6) is 5.75 Å². The highest BCUT2D eigenvalue weighted by Crippen LogP contribution is 2.32. The van der Waals surface area contributed by atoms with Crippen molar-refractivity contribution in [2.75, 3.05) is 11.9 Å². The first kappa shape index (κ1) is 12.2. The molecule has 0 bridgehead atoms. The monoisotopic (exact) mass is 283 g/mol. The van der Waals surface area contributed by atoms with Crippen LogP contribution in [-0.4, -0.2) is 12.9 Å². The van der Waals surface area contributed by atoms with Crippen molar-refractivity contribution in [1.82, 2.24) is 0 Å². The van der Waals surface area contributed by atoms with Crippen molar-refractivity contribution in [2.45, 2.75) is 13.3 Å². The summed E-state index contributed by atoms with van der Waals surface area (Å²) in [6, 6.07) is 4.43. The fourth-order valence-corrected chi connectivity index (χ4v) is 1.38. The molecule has 2 nitrogen and oxygen atoms in total. The molecule has 0 heterocycles. The summed E-state index contributed by atoms with van der Waals surface area (Å²) in [6.45, 7) is 2.31. The Labute approximate surface area is 93.6 Å². The molecule has 0 aliphatic carbocycles. The van der Waals surface area contributed by atoms with Gasteiger partial charge in [-0.1, -0.05) is 15.9 Å². The van der Waals surface area contributed by atoms with Gasteiger partial charge in [0.05, 0.1) is 5.69 Å². The van der Waals surface area contributed by atoms with Gasteiger partial charge in [-0.3, -0.25) is 0 Å². The predicted octanol–water partition coefficient (Wildman–Crippen LogP) is 3.78. The summed E-state index contributed by atoms with van der Waals surface area (Å²) in [5, 5.41) is 2.78. The highest BCUT2D eigenvalue weighted by atomic mass is 79.9.